The number of hydrogen-bond donors (Lipinski definition) is 1. The average Bonchev–Trinajstić information content (AvgIpc) is 2.26. The summed E-state index contributed by atoms with van der Waals surface area (Å²) >= 11 is 0. The highest BCUT2D eigenvalue weighted by atomic mass is 32.2. The smallest absolute Gasteiger partial charge is 0.147 e. The second-order valence-electron chi connectivity index (χ2n) is 5.57. The van der Waals surface area contributed by atoms with Gasteiger partial charge in [0, 0.05) is 18.1 Å². The second-order valence-corrected chi connectivity index (χ2v) is 7.83. The Morgan fingerprint density at radius 2 is 2.06 bits per heavy atom. The predicted molar refractivity (Wildman–Crippen MR) is 68.7 cm³/mol. The minimum absolute atomic E-state index is 0.0323. The van der Waals surface area contributed by atoms with Gasteiger partial charge in [0.15, 0.2) is 0 Å². The van der Waals surface area contributed by atoms with Crippen LogP contribution < -0.4 is 5.32 Å². The van der Waals surface area contributed by atoms with Crippen molar-refractivity contribution in [3.8, 4) is 0 Å². The SMILES string of the molecule is CC(C)(C(=O)CCS(C)(=O)=O)C1CCCNC1. The van der Waals surface area contributed by atoms with Crippen LogP contribution in [0.2, 0.25) is 0 Å². The van der Waals surface area contributed by atoms with Crippen molar-refractivity contribution in [3.63, 3.8) is 0 Å². The zero-order chi connectivity index (χ0) is 13.1. The Bertz CT molecular complexity index is 367. The Balaban J connectivity index is 2.59. The predicted octanol–water partition coefficient (Wildman–Crippen LogP) is 1.02. The van der Waals surface area contributed by atoms with Crippen LogP contribution in [0.4, 0.5) is 0 Å². The van der Waals surface area contributed by atoms with Crippen molar-refractivity contribution < 1.29 is 13.2 Å². The Hall–Kier alpha value is -0.420. The molecule has 0 aliphatic carbocycles. The Labute approximate surface area is 104 Å². The van der Waals surface area contributed by atoms with Gasteiger partial charge in [-0.1, -0.05) is 13.8 Å². The molecule has 0 spiro atoms. The number of carbonyl (C=O) groups is 1. The molecule has 1 unspecified atom stereocenters. The first kappa shape index (κ1) is 14.6. The van der Waals surface area contributed by atoms with Gasteiger partial charge in [-0.05, 0) is 31.8 Å². The molecule has 1 fully saturated rings. The van der Waals surface area contributed by atoms with Crippen molar-refractivity contribution in [1.82, 2.24) is 5.32 Å². The molecule has 1 atom stereocenters. The van der Waals surface area contributed by atoms with Crippen LogP contribution in [0, 0.1) is 11.3 Å². The van der Waals surface area contributed by atoms with Gasteiger partial charge in [0.25, 0.3) is 0 Å². The fraction of sp³-hybridized carbons (Fsp3) is 0.917. The monoisotopic (exact) mass is 261 g/mol. The summed E-state index contributed by atoms with van der Waals surface area (Å²) in [5, 5.41) is 3.30. The summed E-state index contributed by atoms with van der Waals surface area (Å²) in [5.41, 5.74) is -0.419. The first-order chi connectivity index (χ1) is 7.73. The molecule has 0 bridgehead atoms. The quantitative estimate of drug-likeness (QED) is 0.802. The van der Waals surface area contributed by atoms with Crippen molar-refractivity contribution >= 4 is 15.6 Å². The van der Waals surface area contributed by atoms with E-state index in [2.05, 4.69) is 5.32 Å². The van der Waals surface area contributed by atoms with Crippen molar-refractivity contribution in [3.05, 3.63) is 0 Å². The number of hydrogen-bond acceptors (Lipinski definition) is 4. The van der Waals surface area contributed by atoms with Gasteiger partial charge in [-0.15, -0.1) is 0 Å². The lowest BCUT2D eigenvalue weighted by molar-refractivity contribution is -0.129. The van der Waals surface area contributed by atoms with E-state index in [1.807, 2.05) is 13.8 Å². The van der Waals surface area contributed by atoms with E-state index in [4.69, 9.17) is 0 Å². The summed E-state index contributed by atoms with van der Waals surface area (Å²) in [4.78, 5) is 12.1. The molecular formula is C12H23NO3S. The van der Waals surface area contributed by atoms with Crippen LogP contribution in [0.1, 0.15) is 33.1 Å². The zero-order valence-corrected chi connectivity index (χ0v) is 11.8. The summed E-state index contributed by atoms with van der Waals surface area (Å²) in [6.07, 6.45) is 3.45. The van der Waals surface area contributed by atoms with Gasteiger partial charge in [-0.3, -0.25) is 4.79 Å². The number of rotatable bonds is 5. The van der Waals surface area contributed by atoms with Gasteiger partial charge < -0.3 is 5.32 Å². The Kier molecular flexibility index (Phi) is 4.72. The third-order valence-electron chi connectivity index (χ3n) is 3.74. The van der Waals surface area contributed by atoms with Crippen LogP contribution in [-0.4, -0.2) is 39.3 Å². The third-order valence-corrected chi connectivity index (χ3v) is 4.68. The first-order valence-electron chi connectivity index (χ1n) is 6.15. The second kappa shape index (κ2) is 5.48. The van der Waals surface area contributed by atoms with Gasteiger partial charge in [0.05, 0.1) is 5.75 Å². The normalized spacial score (nSPS) is 22.4. The summed E-state index contributed by atoms with van der Waals surface area (Å²) in [6, 6.07) is 0. The highest BCUT2D eigenvalue weighted by molar-refractivity contribution is 7.90. The fourth-order valence-electron chi connectivity index (χ4n) is 2.30. The Morgan fingerprint density at radius 3 is 2.53 bits per heavy atom. The molecule has 1 rings (SSSR count). The lowest BCUT2D eigenvalue weighted by Gasteiger charge is -2.36. The summed E-state index contributed by atoms with van der Waals surface area (Å²) in [7, 11) is -3.05. The highest BCUT2D eigenvalue weighted by Gasteiger charge is 2.36. The summed E-state index contributed by atoms with van der Waals surface area (Å²) in [6.45, 7) is 5.76. The lowest BCUT2D eigenvalue weighted by atomic mass is 9.71. The number of Topliss-reactive ketones (excluding diaryl/α,β-unsaturated/α-hetero) is 1. The number of carbonyl (C=O) groups excluding carboxylic acids is 1. The molecule has 0 aromatic rings. The average molecular weight is 261 g/mol. The minimum Gasteiger partial charge on any atom is -0.316 e. The van der Waals surface area contributed by atoms with E-state index in [9.17, 15) is 13.2 Å². The maximum absolute atomic E-state index is 12.1. The van der Waals surface area contributed by atoms with Crippen molar-refractivity contribution in [1.29, 1.82) is 0 Å². The molecule has 1 heterocycles. The van der Waals surface area contributed by atoms with E-state index < -0.39 is 15.3 Å². The van der Waals surface area contributed by atoms with E-state index in [-0.39, 0.29) is 18.0 Å². The molecule has 0 radical (unpaired) electrons. The maximum Gasteiger partial charge on any atom is 0.147 e. The topological polar surface area (TPSA) is 63.2 Å². The van der Waals surface area contributed by atoms with Crippen LogP contribution in [0.3, 0.4) is 0 Å². The van der Waals surface area contributed by atoms with Crippen molar-refractivity contribution in [2.24, 2.45) is 11.3 Å². The van der Waals surface area contributed by atoms with E-state index in [0.717, 1.165) is 25.9 Å². The minimum atomic E-state index is -3.05. The molecule has 4 nitrogen and oxygen atoms in total. The van der Waals surface area contributed by atoms with Gasteiger partial charge in [-0.25, -0.2) is 8.42 Å². The molecule has 0 amide bonds. The molecule has 17 heavy (non-hydrogen) atoms. The molecule has 1 N–H and O–H groups in total. The number of piperidine rings is 1. The first-order valence-corrected chi connectivity index (χ1v) is 8.21. The molecular weight excluding hydrogens is 238 g/mol. The van der Waals surface area contributed by atoms with Gasteiger partial charge in [0.1, 0.15) is 15.6 Å². The molecule has 0 aromatic heterocycles. The van der Waals surface area contributed by atoms with Crippen LogP contribution in [0.15, 0.2) is 0 Å². The zero-order valence-electron chi connectivity index (χ0n) is 11.0. The fourth-order valence-corrected chi connectivity index (χ4v) is 2.85. The molecule has 0 aromatic carbocycles. The van der Waals surface area contributed by atoms with Crippen molar-refractivity contribution in [2.45, 2.75) is 33.1 Å². The van der Waals surface area contributed by atoms with E-state index in [1.165, 1.54) is 6.26 Å². The molecule has 1 saturated heterocycles. The van der Waals surface area contributed by atoms with E-state index in [1.54, 1.807) is 0 Å². The van der Waals surface area contributed by atoms with Gasteiger partial charge in [0.2, 0.25) is 0 Å². The lowest BCUT2D eigenvalue weighted by Crippen LogP contribution is -2.42. The molecule has 1 aliphatic heterocycles. The van der Waals surface area contributed by atoms with Crippen LogP contribution in [-0.2, 0) is 14.6 Å². The molecule has 0 saturated carbocycles. The van der Waals surface area contributed by atoms with Crippen molar-refractivity contribution in [2.75, 3.05) is 25.1 Å². The highest BCUT2D eigenvalue weighted by Crippen LogP contribution is 2.33. The van der Waals surface area contributed by atoms with E-state index >= 15 is 0 Å². The molecule has 1 aliphatic rings. The maximum atomic E-state index is 12.1. The summed E-state index contributed by atoms with van der Waals surface area (Å²) < 4.78 is 22.1. The third kappa shape index (κ3) is 4.39. The van der Waals surface area contributed by atoms with Crippen LogP contribution in [0.25, 0.3) is 0 Å². The van der Waals surface area contributed by atoms with Crippen LogP contribution in [0.5, 0.6) is 0 Å². The number of ketones is 1. The summed E-state index contributed by atoms with van der Waals surface area (Å²) in [5.74, 6) is 0.356. The number of nitrogens with one attached hydrogen (secondary N) is 1. The molecule has 100 valence electrons. The largest absolute Gasteiger partial charge is 0.316 e. The standard InChI is InChI=1S/C12H23NO3S/c1-12(2,10-5-4-7-13-9-10)11(14)6-8-17(3,15)16/h10,13H,4-9H2,1-3H3. The van der Waals surface area contributed by atoms with Gasteiger partial charge >= 0.3 is 0 Å². The Morgan fingerprint density at radius 1 is 1.41 bits per heavy atom. The van der Waals surface area contributed by atoms with Gasteiger partial charge in [-0.2, -0.15) is 0 Å². The van der Waals surface area contributed by atoms with Crippen LogP contribution >= 0.6 is 0 Å². The van der Waals surface area contributed by atoms with E-state index in [0.29, 0.717) is 5.92 Å². The molecule has 5 heteroatoms. The number of sulfone groups is 1.